The summed E-state index contributed by atoms with van der Waals surface area (Å²) in [6, 6.07) is 0.0262. The van der Waals surface area contributed by atoms with Crippen LogP contribution in [0.1, 0.15) is 148 Å². The summed E-state index contributed by atoms with van der Waals surface area (Å²) in [6.45, 7) is 2.38. The molecule has 11 aliphatic carbocycles. The lowest BCUT2D eigenvalue weighted by atomic mass is 9.54. The first kappa shape index (κ1) is 35.6. The molecular weight excluding hydrogens is 652 g/mol. The van der Waals surface area contributed by atoms with Crippen LogP contribution in [0.4, 0.5) is 0 Å². The summed E-state index contributed by atoms with van der Waals surface area (Å²) in [4.78, 5) is 57.4. The molecule has 0 heterocycles. The highest BCUT2D eigenvalue weighted by Crippen LogP contribution is 2.59. The molecule has 11 saturated carbocycles. The van der Waals surface area contributed by atoms with E-state index in [1.165, 1.54) is 70.6 Å². The number of rotatable bonds is 9. The van der Waals surface area contributed by atoms with Crippen molar-refractivity contribution in [2.24, 2.45) is 76.9 Å². The van der Waals surface area contributed by atoms with Crippen molar-refractivity contribution in [1.29, 1.82) is 0 Å². The van der Waals surface area contributed by atoms with E-state index in [-0.39, 0.29) is 36.2 Å². The Morgan fingerprint density at radius 3 is 1.33 bits per heavy atom. The zero-order valence-corrected chi connectivity index (χ0v) is 32.1. The van der Waals surface area contributed by atoms with Gasteiger partial charge in [0.2, 0.25) is 11.8 Å². The van der Waals surface area contributed by atoms with Gasteiger partial charge in [-0.1, -0.05) is 32.6 Å². The standard InChI is InChI=1S/C44H66N2O6/c1-25-3-5-26(6-4-25)11-27-7-9-34(10-8-27)46-40(48)38-36(42(50)52-44-22-31-15-32(23-44)17-33(16-31)24-44)18-35(37(38)39(47)45-2)41(49)51-43-19-28-12-29(20-43)14-30(13-28)21-43/h25-38H,3-24H2,1-2H3,(H,45,47)(H,46,48). The van der Waals surface area contributed by atoms with Crippen LogP contribution in [0.2, 0.25) is 0 Å². The van der Waals surface area contributed by atoms with Crippen molar-refractivity contribution in [2.75, 3.05) is 7.05 Å². The SMILES string of the molecule is CNC(=O)C1C(C(=O)OC23CC4CC(CC(C4)C2)C3)CC(C(=O)OC23CC4CC(CC(C4)C2)C3)C1C(=O)NC1CCC(CC2CCC(C)CC2)CC1. The van der Waals surface area contributed by atoms with Crippen molar-refractivity contribution in [3.05, 3.63) is 0 Å². The molecule has 0 saturated heterocycles. The van der Waals surface area contributed by atoms with Crippen LogP contribution < -0.4 is 10.6 Å². The number of carbonyl (C=O) groups excluding carboxylic acids is 4. The van der Waals surface area contributed by atoms with Crippen LogP contribution in [0.15, 0.2) is 0 Å². The minimum atomic E-state index is -0.953. The van der Waals surface area contributed by atoms with Gasteiger partial charge in [0.15, 0.2) is 0 Å². The van der Waals surface area contributed by atoms with Crippen molar-refractivity contribution in [3.63, 3.8) is 0 Å². The molecule has 0 aliphatic heterocycles. The Morgan fingerprint density at radius 2 is 0.923 bits per heavy atom. The highest BCUT2D eigenvalue weighted by atomic mass is 16.6. The molecule has 0 aromatic carbocycles. The van der Waals surface area contributed by atoms with Crippen molar-refractivity contribution in [1.82, 2.24) is 10.6 Å². The van der Waals surface area contributed by atoms with Gasteiger partial charge in [0.1, 0.15) is 11.2 Å². The molecule has 0 spiro atoms. The van der Waals surface area contributed by atoms with Gasteiger partial charge in [0, 0.05) is 13.1 Å². The summed E-state index contributed by atoms with van der Waals surface area (Å²) in [5, 5.41) is 6.15. The molecule has 0 aromatic heterocycles. The Kier molecular flexibility index (Phi) is 9.49. The molecule has 0 aromatic rings. The average molecular weight is 719 g/mol. The van der Waals surface area contributed by atoms with Gasteiger partial charge < -0.3 is 20.1 Å². The van der Waals surface area contributed by atoms with E-state index in [2.05, 4.69) is 17.6 Å². The topological polar surface area (TPSA) is 111 Å². The molecule has 52 heavy (non-hydrogen) atoms. The third-order valence-electron chi connectivity index (χ3n) is 16.8. The third kappa shape index (κ3) is 6.86. The molecule has 288 valence electrons. The van der Waals surface area contributed by atoms with Crippen LogP contribution in [-0.4, -0.2) is 48.0 Å². The number of nitrogens with one attached hydrogen (secondary N) is 2. The molecule has 4 unspecified atom stereocenters. The Balaban J connectivity index is 0.926. The molecule has 8 bridgehead atoms. The highest BCUT2D eigenvalue weighted by molar-refractivity contribution is 5.96. The Labute approximate surface area is 311 Å². The van der Waals surface area contributed by atoms with E-state index < -0.39 is 34.9 Å². The van der Waals surface area contributed by atoms with Crippen LogP contribution in [-0.2, 0) is 28.7 Å². The number of amides is 2. The number of carbonyl (C=O) groups is 4. The molecule has 8 heteroatoms. The Hall–Kier alpha value is -2.12. The van der Waals surface area contributed by atoms with E-state index in [9.17, 15) is 19.2 Å². The molecule has 11 fully saturated rings. The molecule has 0 radical (unpaired) electrons. The maximum atomic E-state index is 14.6. The van der Waals surface area contributed by atoms with E-state index in [0.29, 0.717) is 41.4 Å². The maximum Gasteiger partial charge on any atom is 0.310 e. The van der Waals surface area contributed by atoms with Gasteiger partial charge in [-0.15, -0.1) is 0 Å². The number of hydrogen-bond donors (Lipinski definition) is 2. The van der Waals surface area contributed by atoms with Crippen molar-refractivity contribution in [3.8, 4) is 0 Å². The fourth-order valence-corrected chi connectivity index (χ4v) is 15.2. The number of hydrogen-bond acceptors (Lipinski definition) is 6. The summed E-state index contributed by atoms with van der Waals surface area (Å²) in [5.74, 6) is 1.16. The van der Waals surface area contributed by atoms with Gasteiger partial charge in [-0.25, -0.2) is 0 Å². The van der Waals surface area contributed by atoms with Gasteiger partial charge in [-0.3, -0.25) is 19.2 Å². The van der Waals surface area contributed by atoms with Crippen LogP contribution >= 0.6 is 0 Å². The van der Waals surface area contributed by atoms with Gasteiger partial charge in [0.05, 0.1) is 23.7 Å². The van der Waals surface area contributed by atoms with E-state index in [1.54, 1.807) is 7.05 Å². The zero-order valence-electron chi connectivity index (χ0n) is 32.1. The first-order valence-electron chi connectivity index (χ1n) is 22.0. The maximum absolute atomic E-state index is 14.6. The van der Waals surface area contributed by atoms with Gasteiger partial charge in [-0.05, 0) is 169 Å². The van der Waals surface area contributed by atoms with E-state index >= 15 is 0 Å². The predicted molar refractivity (Wildman–Crippen MR) is 196 cm³/mol. The van der Waals surface area contributed by atoms with Crippen molar-refractivity contribution in [2.45, 2.75) is 165 Å². The molecule has 8 nitrogen and oxygen atoms in total. The molecule has 11 rings (SSSR count). The van der Waals surface area contributed by atoms with Crippen LogP contribution in [0.25, 0.3) is 0 Å². The summed E-state index contributed by atoms with van der Waals surface area (Å²) in [7, 11) is 1.58. The minimum Gasteiger partial charge on any atom is -0.459 e. The van der Waals surface area contributed by atoms with Crippen molar-refractivity contribution < 1.29 is 28.7 Å². The molecule has 4 atom stereocenters. The summed E-state index contributed by atoms with van der Waals surface area (Å²) < 4.78 is 13.2. The van der Waals surface area contributed by atoms with Crippen molar-refractivity contribution >= 4 is 23.8 Å². The number of ether oxygens (including phenoxy) is 2. The monoisotopic (exact) mass is 718 g/mol. The normalized spacial score (nSPS) is 48.7. The summed E-state index contributed by atoms with van der Waals surface area (Å²) in [6.07, 6.45) is 23.8. The molecule has 2 amide bonds. The zero-order chi connectivity index (χ0) is 35.8. The van der Waals surface area contributed by atoms with Gasteiger partial charge in [-0.2, -0.15) is 0 Å². The van der Waals surface area contributed by atoms with Gasteiger partial charge >= 0.3 is 11.9 Å². The van der Waals surface area contributed by atoms with Crippen LogP contribution in [0.5, 0.6) is 0 Å². The largest absolute Gasteiger partial charge is 0.459 e. The Bertz CT molecular complexity index is 1320. The van der Waals surface area contributed by atoms with Gasteiger partial charge in [0.25, 0.3) is 0 Å². The molecular formula is C44H66N2O6. The molecule has 2 N–H and O–H groups in total. The minimum absolute atomic E-state index is 0.0262. The quantitative estimate of drug-likeness (QED) is 0.239. The third-order valence-corrected chi connectivity index (χ3v) is 16.8. The smallest absolute Gasteiger partial charge is 0.310 e. The molecule has 11 aliphatic rings. The second-order valence-corrected chi connectivity index (χ2v) is 20.7. The lowest BCUT2D eigenvalue weighted by molar-refractivity contribution is -0.193. The number of esters is 2. The van der Waals surface area contributed by atoms with Crippen LogP contribution in [0, 0.1) is 76.9 Å². The van der Waals surface area contributed by atoms with E-state index in [1.807, 2.05) is 0 Å². The second-order valence-electron chi connectivity index (χ2n) is 20.7. The summed E-state index contributed by atoms with van der Waals surface area (Å²) >= 11 is 0. The predicted octanol–water partition coefficient (Wildman–Crippen LogP) is 7.52. The highest BCUT2D eigenvalue weighted by Gasteiger charge is 2.61. The van der Waals surface area contributed by atoms with E-state index in [4.69, 9.17) is 9.47 Å². The second kappa shape index (κ2) is 13.9. The Morgan fingerprint density at radius 1 is 0.538 bits per heavy atom. The summed E-state index contributed by atoms with van der Waals surface area (Å²) in [5.41, 5.74) is -0.912. The van der Waals surface area contributed by atoms with Crippen LogP contribution in [0.3, 0.4) is 0 Å². The fraction of sp³-hybridized carbons (Fsp3) is 0.909. The lowest BCUT2D eigenvalue weighted by Gasteiger charge is -2.56. The first-order valence-corrected chi connectivity index (χ1v) is 22.0. The fourth-order valence-electron chi connectivity index (χ4n) is 15.2. The average Bonchev–Trinajstić information content (AvgIpc) is 3.50. The van der Waals surface area contributed by atoms with E-state index in [0.717, 1.165) is 76.0 Å². The lowest BCUT2D eigenvalue weighted by Crippen LogP contribution is -2.54. The first-order chi connectivity index (χ1) is 25.0.